The number of hydrogen-bond donors (Lipinski definition) is 1. The molecular formula is C18H17F2N3OS. The highest BCUT2D eigenvalue weighted by Crippen LogP contribution is 2.21. The number of hydrogen-bond acceptors (Lipinski definition) is 3. The van der Waals surface area contributed by atoms with Crippen molar-refractivity contribution in [2.24, 2.45) is 0 Å². The van der Waals surface area contributed by atoms with Crippen LogP contribution in [-0.2, 0) is 11.2 Å². The quantitative estimate of drug-likeness (QED) is 0.705. The molecule has 2 aromatic heterocycles. The van der Waals surface area contributed by atoms with E-state index in [9.17, 15) is 13.6 Å². The Balaban J connectivity index is 1.62. The van der Waals surface area contributed by atoms with Gasteiger partial charge < -0.3 is 5.32 Å². The van der Waals surface area contributed by atoms with Crippen LogP contribution >= 0.6 is 11.3 Å². The summed E-state index contributed by atoms with van der Waals surface area (Å²) in [6.07, 6.45) is 5.16. The summed E-state index contributed by atoms with van der Waals surface area (Å²) >= 11 is 1.58. The first-order valence-corrected chi connectivity index (χ1v) is 8.61. The summed E-state index contributed by atoms with van der Waals surface area (Å²) in [5.41, 5.74) is 1.66. The topological polar surface area (TPSA) is 46.4 Å². The number of fused-ring (bicyclic) bond motifs is 1. The number of thiazole rings is 1. The third-order valence-electron chi connectivity index (χ3n) is 3.79. The van der Waals surface area contributed by atoms with E-state index in [1.54, 1.807) is 17.4 Å². The fourth-order valence-corrected chi connectivity index (χ4v) is 3.46. The van der Waals surface area contributed by atoms with Gasteiger partial charge in [-0.15, -0.1) is 11.3 Å². The van der Waals surface area contributed by atoms with Crippen molar-refractivity contribution in [1.82, 2.24) is 14.7 Å². The molecule has 0 radical (unpaired) electrons. The monoisotopic (exact) mass is 361 g/mol. The molecule has 0 bridgehead atoms. The molecule has 7 heteroatoms. The largest absolute Gasteiger partial charge is 0.352 e. The highest BCUT2D eigenvalue weighted by Gasteiger charge is 2.10. The SMILES string of the molecule is Cc1cn2c(C=CC(=O)NCCc3c(F)cccc3F)c(C)nc2s1. The van der Waals surface area contributed by atoms with Crippen molar-refractivity contribution in [3.63, 3.8) is 0 Å². The van der Waals surface area contributed by atoms with Gasteiger partial charge in [0.05, 0.1) is 11.4 Å². The fourth-order valence-electron chi connectivity index (χ4n) is 2.58. The molecule has 0 fully saturated rings. The van der Waals surface area contributed by atoms with Crippen LogP contribution in [-0.4, -0.2) is 21.8 Å². The number of nitrogens with one attached hydrogen (secondary N) is 1. The maximum atomic E-state index is 13.5. The van der Waals surface area contributed by atoms with Crippen LogP contribution in [0.15, 0.2) is 30.5 Å². The van der Waals surface area contributed by atoms with E-state index in [4.69, 9.17) is 0 Å². The highest BCUT2D eigenvalue weighted by atomic mass is 32.1. The molecule has 4 nitrogen and oxygen atoms in total. The second-order valence-corrected chi connectivity index (χ2v) is 6.86. The van der Waals surface area contributed by atoms with Gasteiger partial charge in [0.15, 0.2) is 4.96 Å². The van der Waals surface area contributed by atoms with E-state index in [0.29, 0.717) is 0 Å². The minimum atomic E-state index is -0.602. The van der Waals surface area contributed by atoms with E-state index in [1.165, 1.54) is 24.3 Å². The van der Waals surface area contributed by atoms with Crippen molar-refractivity contribution in [1.29, 1.82) is 0 Å². The lowest BCUT2D eigenvalue weighted by Gasteiger charge is -2.05. The molecular weight excluding hydrogens is 344 g/mol. The van der Waals surface area contributed by atoms with Crippen molar-refractivity contribution in [3.8, 4) is 0 Å². The first-order valence-electron chi connectivity index (χ1n) is 7.79. The number of halogens is 2. The van der Waals surface area contributed by atoms with Gasteiger partial charge >= 0.3 is 0 Å². The molecule has 0 aliphatic heterocycles. The summed E-state index contributed by atoms with van der Waals surface area (Å²) in [7, 11) is 0. The van der Waals surface area contributed by atoms with Gasteiger partial charge in [-0.2, -0.15) is 0 Å². The molecule has 0 aliphatic carbocycles. The summed E-state index contributed by atoms with van der Waals surface area (Å²) in [6.45, 7) is 4.03. The van der Waals surface area contributed by atoms with Crippen LogP contribution in [0.1, 0.15) is 21.8 Å². The average Bonchev–Trinajstić information content (AvgIpc) is 3.03. The standard InChI is InChI=1S/C18H17F2N3OS/c1-11-10-23-16(12(2)22-18(23)25-11)6-7-17(24)21-9-8-13-14(19)4-3-5-15(13)20/h3-7,10H,8-9H2,1-2H3,(H,21,24). The lowest BCUT2D eigenvalue weighted by molar-refractivity contribution is -0.116. The van der Waals surface area contributed by atoms with Crippen molar-refractivity contribution in [3.05, 3.63) is 63.9 Å². The molecule has 0 spiro atoms. The Kier molecular flexibility index (Phi) is 4.94. The maximum Gasteiger partial charge on any atom is 0.244 e. The number of aryl methyl sites for hydroxylation is 2. The van der Waals surface area contributed by atoms with E-state index < -0.39 is 11.6 Å². The van der Waals surface area contributed by atoms with Crippen molar-refractivity contribution in [2.45, 2.75) is 20.3 Å². The smallest absolute Gasteiger partial charge is 0.244 e. The lowest BCUT2D eigenvalue weighted by Crippen LogP contribution is -2.24. The maximum absolute atomic E-state index is 13.5. The summed E-state index contributed by atoms with van der Waals surface area (Å²) < 4.78 is 29.0. The highest BCUT2D eigenvalue weighted by molar-refractivity contribution is 7.17. The van der Waals surface area contributed by atoms with Gasteiger partial charge in [0.25, 0.3) is 0 Å². The van der Waals surface area contributed by atoms with Crippen LogP contribution in [0, 0.1) is 25.5 Å². The fraction of sp³-hybridized carbons (Fsp3) is 0.222. The molecule has 1 N–H and O–H groups in total. The third kappa shape index (κ3) is 3.76. The average molecular weight is 361 g/mol. The molecule has 0 atom stereocenters. The number of nitrogens with zero attached hydrogens (tertiary/aromatic N) is 2. The summed E-state index contributed by atoms with van der Waals surface area (Å²) in [4.78, 5) is 18.4. The number of imidazole rings is 1. The zero-order valence-corrected chi connectivity index (χ0v) is 14.7. The Morgan fingerprint density at radius 2 is 2.04 bits per heavy atom. The number of carbonyl (C=O) groups excluding carboxylic acids is 1. The van der Waals surface area contributed by atoms with Gasteiger partial charge in [-0.25, -0.2) is 13.8 Å². The summed E-state index contributed by atoms with van der Waals surface area (Å²) in [5.74, 6) is -1.53. The predicted molar refractivity (Wildman–Crippen MR) is 94.6 cm³/mol. The van der Waals surface area contributed by atoms with Crippen LogP contribution in [0.3, 0.4) is 0 Å². The Hall–Kier alpha value is -2.54. The molecule has 0 saturated heterocycles. The first kappa shape index (κ1) is 17.3. The molecule has 0 aliphatic rings. The second-order valence-electron chi connectivity index (χ2n) is 5.65. The normalized spacial score (nSPS) is 11.5. The van der Waals surface area contributed by atoms with Crippen LogP contribution < -0.4 is 5.32 Å². The number of carbonyl (C=O) groups is 1. The zero-order valence-electron chi connectivity index (χ0n) is 13.8. The van der Waals surface area contributed by atoms with Crippen molar-refractivity contribution < 1.29 is 13.6 Å². The molecule has 1 amide bonds. The van der Waals surface area contributed by atoms with Crippen molar-refractivity contribution in [2.75, 3.05) is 6.54 Å². The van der Waals surface area contributed by atoms with Gasteiger partial charge in [-0.05, 0) is 38.5 Å². The van der Waals surface area contributed by atoms with Crippen LogP contribution in [0.2, 0.25) is 0 Å². The lowest BCUT2D eigenvalue weighted by atomic mass is 10.1. The number of rotatable bonds is 5. The molecule has 1 aromatic carbocycles. The molecule has 3 rings (SSSR count). The van der Waals surface area contributed by atoms with Gasteiger partial charge in [0.2, 0.25) is 5.91 Å². The van der Waals surface area contributed by atoms with Gasteiger partial charge in [-0.3, -0.25) is 9.20 Å². The number of amides is 1. The van der Waals surface area contributed by atoms with E-state index in [2.05, 4.69) is 10.3 Å². The van der Waals surface area contributed by atoms with Crippen LogP contribution in [0.25, 0.3) is 11.0 Å². The van der Waals surface area contributed by atoms with Crippen molar-refractivity contribution >= 4 is 28.3 Å². The van der Waals surface area contributed by atoms with E-state index in [-0.39, 0.29) is 24.4 Å². The van der Waals surface area contributed by atoms with E-state index >= 15 is 0 Å². The van der Waals surface area contributed by atoms with Gasteiger partial charge in [-0.1, -0.05) is 6.07 Å². The minimum Gasteiger partial charge on any atom is -0.352 e. The number of aromatic nitrogens is 2. The Morgan fingerprint density at radius 1 is 1.32 bits per heavy atom. The molecule has 0 saturated carbocycles. The molecule has 0 unspecified atom stereocenters. The zero-order chi connectivity index (χ0) is 18.0. The van der Waals surface area contributed by atoms with E-state index in [0.717, 1.165) is 21.2 Å². The van der Waals surface area contributed by atoms with Crippen LogP contribution in [0.5, 0.6) is 0 Å². The first-order chi connectivity index (χ1) is 12.0. The molecule has 25 heavy (non-hydrogen) atoms. The summed E-state index contributed by atoms with van der Waals surface area (Å²) in [6, 6.07) is 3.73. The second kappa shape index (κ2) is 7.14. The van der Waals surface area contributed by atoms with Gasteiger partial charge in [0.1, 0.15) is 11.6 Å². The number of benzene rings is 1. The third-order valence-corrected chi connectivity index (χ3v) is 4.69. The molecule has 3 aromatic rings. The predicted octanol–water partition coefficient (Wildman–Crippen LogP) is 3.66. The minimum absolute atomic E-state index is 0.0196. The Bertz CT molecular complexity index is 939. The Morgan fingerprint density at radius 3 is 2.76 bits per heavy atom. The molecule has 2 heterocycles. The van der Waals surface area contributed by atoms with Gasteiger partial charge in [0, 0.05) is 29.3 Å². The Labute approximate surface area is 147 Å². The summed E-state index contributed by atoms with van der Waals surface area (Å²) in [5, 5.41) is 2.63. The molecule has 130 valence electrons. The van der Waals surface area contributed by atoms with E-state index in [1.807, 2.05) is 24.4 Å². The van der Waals surface area contributed by atoms with Crippen LogP contribution in [0.4, 0.5) is 8.78 Å².